The van der Waals surface area contributed by atoms with E-state index in [9.17, 15) is 9.18 Å². The average molecular weight is 392 g/mol. The van der Waals surface area contributed by atoms with Gasteiger partial charge in [0.05, 0.1) is 10.0 Å². The summed E-state index contributed by atoms with van der Waals surface area (Å²) in [6.45, 7) is 0. The number of hydrogen-bond donors (Lipinski definition) is 2. The van der Waals surface area contributed by atoms with Crippen molar-refractivity contribution < 1.29 is 9.18 Å². The van der Waals surface area contributed by atoms with Crippen LogP contribution in [0.2, 0.25) is 10.0 Å². The Labute approximate surface area is 139 Å². The normalized spacial score (nSPS) is 12.0. The quantitative estimate of drug-likeness (QED) is 0.804. The van der Waals surface area contributed by atoms with E-state index in [0.717, 1.165) is 0 Å². The molecule has 7 heteroatoms. The second kappa shape index (κ2) is 6.64. The van der Waals surface area contributed by atoms with Crippen LogP contribution in [0.4, 0.5) is 10.1 Å². The maximum Gasteiger partial charge on any atom is 0.244 e. The van der Waals surface area contributed by atoms with Crippen LogP contribution in [-0.4, -0.2) is 5.91 Å². The molecular weight excluding hydrogens is 382 g/mol. The van der Waals surface area contributed by atoms with Crippen molar-refractivity contribution in [1.82, 2.24) is 0 Å². The predicted molar refractivity (Wildman–Crippen MR) is 86.1 cm³/mol. The zero-order valence-corrected chi connectivity index (χ0v) is 13.6. The van der Waals surface area contributed by atoms with Crippen LogP contribution in [0, 0.1) is 5.82 Å². The maximum atomic E-state index is 13.5. The Morgan fingerprint density at radius 1 is 1.19 bits per heavy atom. The van der Waals surface area contributed by atoms with Crippen LogP contribution in [0.1, 0.15) is 11.6 Å². The third-order valence-corrected chi connectivity index (χ3v) is 4.31. The molecule has 1 unspecified atom stereocenters. The van der Waals surface area contributed by atoms with Crippen molar-refractivity contribution in [2.24, 2.45) is 5.73 Å². The highest BCUT2D eigenvalue weighted by Gasteiger charge is 2.19. The van der Waals surface area contributed by atoms with Crippen molar-refractivity contribution in [2.45, 2.75) is 6.04 Å². The largest absolute Gasteiger partial charge is 0.370 e. The molecule has 0 radical (unpaired) electrons. The zero-order valence-electron chi connectivity index (χ0n) is 10.5. The summed E-state index contributed by atoms with van der Waals surface area (Å²) in [6, 6.07) is 8.26. The van der Waals surface area contributed by atoms with Gasteiger partial charge in [0.25, 0.3) is 0 Å². The molecule has 2 rings (SSSR count). The number of nitrogens with two attached hydrogens (primary N) is 1. The second-order valence-electron chi connectivity index (χ2n) is 4.28. The summed E-state index contributed by atoms with van der Waals surface area (Å²) in [4.78, 5) is 11.6. The first-order valence-corrected chi connectivity index (χ1v) is 7.39. The van der Waals surface area contributed by atoms with Gasteiger partial charge in [-0.05, 0) is 51.8 Å². The summed E-state index contributed by atoms with van der Waals surface area (Å²) in [6.07, 6.45) is 0. The molecule has 1 atom stereocenters. The molecule has 3 N–H and O–H groups in total. The van der Waals surface area contributed by atoms with Gasteiger partial charge in [-0.3, -0.25) is 4.79 Å². The van der Waals surface area contributed by atoms with Crippen LogP contribution in [0.5, 0.6) is 0 Å². The smallest absolute Gasteiger partial charge is 0.244 e. The Morgan fingerprint density at radius 3 is 2.43 bits per heavy atom. The van der Waals surface area contributed by atoms with Crippen molar-refractivity contribution in [1.29, 1.82) is 0 Å². The van der Waals surface area contributed by atoms with Gasteiger partial charge in [0.1, 0.15) is 11.9 Å². The third-order valence-electron chi connectivity index (χ3n) is 2.79. The molecule has 0 bridgehead atoms. The monoisotopic (exact) mass is 390 g/mol. The summed E-state index contributed by atoms with van der Waals surface area (Å²) in [7, 11) is 0. The molecule has 2 aromatic carbocycles. The summed E-state index contributed by atoms with van der Waals surface area (Å²) in [5, 5.41) is 3.45. The number of amides is 1. The van der Waals surface area contributed by atoms with Crippen molar-refractivity contribution in [3.05, 3.63) is 62.3 Å². The highest BCUT2D eigenvalue weighted by molar-refractivity contribution is 9.10. The first-order chi connectivity index (χ1) is 9.88. The summed E-state index contributed by atoms with van der Waals surface area (Å²) in [5.41, 5.74) is 6.38. The number of benzene rings is 2. The average Bonchev–Trinajstić information content (AvgIpc) is 2.43. The number of carbonyl (C=O) groups is 1. The number of anilines is 1. The molecule has 2 aromatic rings. The third kappa shape index (κ3) is 3.87. The second-order valence-corrected chi connectivity index (χ2v) is 5.95. The highest BCUT2D eigenvalue weighted by atomic mass is 79.9. The number of nitrogens with one attached hydrogen (secondary N) is 1. The Balaban J connectivity index is 2.32. The highest BCUT2D eigenvalue weighted by Crippen LogP contribution is 2.28. The molecule has 0 aromatic heterocycles. The SMILES string of the molecule is NC(=O)C(Nc1ccc(Cl)c(Br)c1)c1ccc(Cl)c(F)c1. The molecule has 0 saturated heterocycles. The van der Waals surface area contributed by atoms with E-state index in [-0.39, 0.29) is 5.02 Å². The lowest BCUT2D eigenvalue weighted by atomic mass is 10.1. The number of halogens is 4. The van der Waals surface area contributed by atoms with Gasteiger partial charge < -0.3 is 11.1 Å². The molecule has 0 spiro atoms. The number of hydrogen-bond acceptors (Lipinski definition) is 2. The summed E-state index contributed by atoms with van der Waals surface area (Å²) in [5.74, 6) is -1.25. The van der Waals surface area contributed by atoms with E-state index in [1.165, 1.54) is 12.1 Å². The number of carbonyl (C=O) groups excluding carboxylic acids is 1. The van der Waals surface area contributed by atoms with E-state index in [0.29, 0.717) is 20.7 Å². The molecule has 21 heavy (non-hydrogen) atoms. The fraction of sp³-hybridized carbons (Fsp3) is 0.0714. The van der Waals surface area contributed by atoms with Gasteiger partial charge in [-0.15, -0.1) is 0 Å². The van der Waals surface area contributed by atoms with Gasteiger partial charge >= 0.3 is 0 Å². The fourth-order valence-corrected chi connectivity index (χ4v) is 2.38. The summed E-state index contributed by atoms with van der Waals surface area (Å²) < 4.78 is 14.2. The van der Waals surface area contributed by atoms with Crippen molar-refractivity contribution >= 4 is 50.7 Å². The zero-order chi connectivity index (χ0) is 15.6. The molecule has 1 amide bonds. The van der Waals surface area contributed by atoms with Crippen LogP contribution in [0.15, 0.2) is 40.9 Å². The standard InChI is InChI=1S/C14H10BrCl2FN2O/c15-9-6-8(2-4-10(9)16)20-13(14(19)21)7-1-3-11(17)12(18)5-7/h1-6,13,20H,(H2,19,21). The molecule has 3 nitrogen and oxygen atoms in total. The first-order valence-electron chi connectivity index (χ1n) is 5.84. The summed E-state index contributed by atoms with van der Waals surface area (Å²) >= 11 is 14.8. The van der Waals surface area contributed by atoms with E-state index >= 15 is 0 Å². The molecular formula is C14H10BrCl2FN2O. The van der Waals surface area contributed by atoms with Crippen LogP contribution >= 0.6 is 39.1 Å². The lowest BCUT2D eigenvalue weighted by Gasteiger charge is -2.18. The van der Waals surface area contributed by atoms with Gasteiger partial charge in [-0.2, -0.15) is 0 Å². The Kier molecular flexibility index (Phi) is 5.08. The van der Waals surface area contributed by atoms with Crippen LogP contribution < -0.4 is 11.1 Å². The molecule has 0 aliphatic rings. The predicted octanol–water partition coefficient (Wildman–Crippen LogP) is 4.53. The van der Waals surface area contributed by atoms with Crippen molar-refractivity contribution in [3.8, 4) is 0 Å². The first kappa shape index (κ1) is 16.1. The van der Waals surface area contributed by atoms with Gasteiger partial charge in [0.15, 0.2) is 0 Å². The Morgan fingerprint density at radius 2 is 1.86 bits per heavy atom. The Bertz CT molecular complexity index is 697. The van der Waals surface area contributed by atoms with Crippen LogP contribution in [0.3, 0.4) is 0 Å². The molecule has 0 saturated carbocycles. The molecule has 0 fully saturated rings. The van der Waals surface area contributed by atoms with Gasteiger partial charge in [0.2, 0.25) is 5.91 Å². The molecule has 110 valence electrons. The Hall–Kier alpha value is -1.30. The van der Waals surface area contributed by atoms with Crippen LogP contribution in [-0.2, 0) is 4.79 Å². The van der Waals surface area contributed by atoms with E-state index in [2.05, 4.69) is 21.2 Å². The molecule has 0 heterocycles. The van der Waals surface area contributed by atoms with Gasteiger partial charge in [-0.25, -0.2) is 4.39 Å². The molecule has 0 aliphatic carbocycles. The molecule has 0 aliphatic heterocycles. The van der Waals surface area contributed by atoms with Gasteiger partial charge in [-0.1, -0.05) is 29.3 Å². The van der Waals surface area contributed by atoms with Gasteiger partial charge in [0, 0.05) is 10.2 Å². The van der Waals surface area contributed by atoms with Crippen LogP contribution in [0.25, 0.3) is 0 Å². The number of primary amides is 1. The van der Waals surface area contributed by atoms with E-state index in [1.807, 2.05) is 0 Å². The topological polar surface area (TPSA) is 55.1 Å². The van der Waals surface area contributed by atoms with E-state index in [1.54, 1.807) is 24.3 Å². The van der Waals surface area contributed by atoms with E-state index < -0.39 is 17.8 Å². The van der Waals surface area contributed by atoms with Crippen molar-refractivity contribution in [2.75, 3.05) is 5.32 Å². The van der Waals surface area contributed by atoms with E-state index in [4.69, 9.17) is 28.9 Å². The minimum absolute atomic E-state index is 0.0174. The van der Waals surface area contributed by atoms with Crippen molar-refractivity contribution in [3.63, 3.8) is 0 Å². The number of rotatable bonds is 4. The lowest BCUT2D eigenvalue weighted by Crippen LogP contribution is -2.27. The lowest BCUT2D eigenvalue weighted by molar-refractivity contribution is -0.118. The fourth-order valence-electron chi connectivity index (χ4n) is 1.76. The maximum absolute atomic E-state index is 13.5. The minimum Gasteiger partial charge on any atom is -0.370 e. The minimum atomic E-state index is -0.884.